The predicted molar refractivity (Wildman–Crippen MR) is 146 cm³/mol. The number of ether oxygens (including phenoxy) is 1. The van der Waals surface area contributed by atoms with E-state index in [1.807, 2.05) is 65.9 Å². The van der Waals surface area contributed by atoms with Gasteiger partial charge in [0.15, 0.2) is 11.3 Å². The number of morpholine rings is 1. The Labute approximate surface area is 219 Å². The molecule has 2 aliphatic rings. The summed E-state index contributed by atoms with van der Waals surface area (Å²) in [7, 11) is 0. The van der Waals surface area contributed by atoms with Crippen LogP contribution >= 0.6 is 0 Å². The zero-order valence-electron chi connectivity index (χ0n) is 21.2. The lowest BCUT2D eigenvalue weighted by molar-refractivity contribution is -0.0738. The van der Waals surface area contributed by atoms with Crippen LogP contribution in [0.1, 0.15) is 25.3 Å². The van der Waals surface area contributed by atoms with Crippen LogP contribution in [0.5, 0.6) is 0 Å². The SMILES string of the molecule is C[C@]1(O)C[C@@](N)(c2ccc(-c3nc4ccc5nnc(N6CCOCC6)n5c4nc3-c3ccccc3)cc2)C1. The van der Waals surface area contributed by atoms with Crippen LogP contribution in [0.4, 0.5) is 5.95 Å². The summed E-state index contributed by atoms with van der Waals surface area (Å²) in [5.74, 6) is 0.754. The van der Waals surface area contributed by atoms with E-state index in [9.17, 15) is 5.11 Å². The topological polar surface area (TPSA) is 115 Å². The second-order valence-corrected chi connectivity index (χ2v) is 10.7. The first-order valence-corrected chi connectivity index (χ1v) is 13.0. The van der Waals surface area contributed by atoms with Gasteiger partial charge in [-0.25, -0.2) is 14.4 Å². The third kappa shape index (κ3) is 3.82. The highest BCUT2D eigenvalue weighted by molar-refractivity contribution is 5.86. The molecule has 38 heavy (non-hydrogen) atoms. The fourth-order valence-corrected chi connectivity index (χ4v) is 5.91. The van der Waals surface area contributed by atoms with Gasteiger partial charge in [0.25, 0.3) is 0 Å². The summed E-state index contributed by atoms with van der Waals surface area (Å²) in [6.45, 7) is 4.64. The molecule has 0 atom stereocenters. The Morgan fingerprint density at radius 1 is 0.842 bits per heavy atom. The third-order valence-corrected chi connectivity index (χ3v) is 7.64. The molecule has 3 N–H and O–H groups in total. The normalized spacial score (nSPS) is 23.6. The smallest absolute Gasteiger partial charge is 0.233 e. The molecule has 1 aliphatic heterocycles. The van der Waals surface area contributed by atoms with Crippen molar-refractivity contribution in [3.05, 3.63) is 72.3 Å². The minimum Gasteiger partial charge on any atom is -0.390 e. The molecule has 1 aliphatic carbocycles. The number of nitrogens with zero attached hydrogens (tertiary/aromatic N) is 6. The molecule has 0 unspecified atom stereocenters. The van der Waals surface area contributed by atoms with Crippen LogP contribution in [0.3, 0.4) is 0 Å². The number of aromatic nitrogens is 5. The quantitative estimate of drug-likeness (QED) is 0.380. The van der Waals surface area contributed by atoms with E-state index in [1.165, 1.54) is 0 Å². The Morgan fingerprint density at radius 2 is 1.53 bits per heavy atom. The minimum absolute atomic E-state index is 0.505. The highest BCUT2D eigenvalue weighted by Crippen LogP contribution is 2.46. The third-order valence-electron chi connectivity index (χ3n) is 7.64. The Kier molecular flexibility index (Phi) is 5.23. The molecule has 4 heterocycles. The van der Waals surface area contributed by atoms with Gasteiger partial charge in [-0.05, 0) is 37.5 Å². The Hall–Kier alpha value is -3.92. The van der Waals surface area contributed by atoms with Crippen LogP contribution in [-0.4, -0.2) is 61.6 Å². The van der Waals surface area contributed by atoms with Gasteiger partial charge in [-0.2, -0.15) is 0 Å². The van der Waals surface area contributed by atoms with Gasteiger partial charge in [-0.15, -0.1) is 10.2 Å². The van der Waals surface area contributed by atoms with Gasteiger partial charge in [-0.3, -0.25) is 0 Å². The summed E-state index contributed by atoms with van der Waals surface area (Å²) >= 11 is 0. The highest BCUT2D eigenvalue weighted by atomic mass is 16.5. The number of benzene rings is 2. The number of fused-ring (bicyclic) bond motifs is 3. The van der Waals surface area contributed by atoms with E-state index in [4.69, 9.17) is 20.4 Å². The van der Waals surface area contributed by atoms with Crippen molar-refractivity contribution in [2.75, 3.05) is 31.2 Å². The maximum absolute atomic E-state index is 10.2. The van der Waals surface area contributed by atoms with Gasteiger partial charge in [-0.1, -0.05) is 54.6 Å². The van der Waals surface area contributed by atoms with Gasteiger partial charge >= 0.3 is 0 Å². The molecular weight excluding hydrogens is 478 g/mol. The van der Waals surface area contributed by atoms with Crippen molar-refractivity contribution in [3.8, 4) is 22.5 Å². The van der Waals surface area contributed by atoms with E-state index in [-0.39, 0.29) is 0 Å². The van der Waals surface area contributed by atoms with E-state index in [1.54, 1.807) is 0 Å². The summed E-state index contributed by atoms with van der Waals surface area (Å²) in [4.78, 5) is 12.5. The van der Waals surface area contributed by atoms with Gasteiger partial charge in [0.2, 0.25) is 5.95 Å². The van der Waals surface area contributed by atoms with Crippen molar-refractivity contribution in [1.29, 1.82) is 0 Å². The van der Waals surface area contributed by atoms with E-state index < -0.39 is 11.1 Å². The number of hydrogen-bond donors (Lipinski definition) is 2. The van der Waals surface area contributed by atoms with Gasteiger partial charge in [0, 0.05) is 29.8 Å². The van der Waals surface area contributed by atoms with E-state index in [0.29, 0.717) is 31.7 Å². The van der Waals surface area contributed by atoms with Crippen molar-refractivity contribution >= 4 is 22.8 Å². The highest BCUT2D eigenvalue weighted by Gasteiger charge is 2.49. The van der Waals surface area contributed by atoms with Crippen molar-refractivity contribution in [1.82, 2.24) is 24.6 Å². The molecular formula is C29H29N7O2. The van der Waals surface area contributed by atoms with E-state index >= 15 is 0 Å². The summed E-state index contributed by atoms with van der Waals surface area (Å²) in [5.41, 5.74) is 12.1. The Balaban J connectivity index is 1.39. The minimum atomic E-state index is -0.703. The first-order chi connectivity index (χ1) is 18.4. The van der Waals surface area contributed by atoms with Gasteiger partial charge in [0.1, 0.15) is 5.52 Å². The predicted octanol–water partition coefficient (Wildman–Crippen LogP) is 3.54. The lowest BCUT2D eigenvalue weighted by atomic mass is 9.63. The van der Waals surface area contributed by atoms with E-state index in [2.05, 4.69) is 27.2 Å². The largest absolute Gasteiger partial charge is 0.390 e. The number of aliphatic hydroxyl groups is 1. The van der Waals surface area contributed by atoms with Crippen molar-refractivity contribution in [2.45, 2.75) is 30.9 Å². The molecule has 1 saturated heterocycles. The van der Waals surface area contributed by atoms with Crippen LogP contribution < -0.4 is 10.6 Å². The molecule has 9 heteroatoms. The maximum Gasteiger partial charge on any atom is 0.233 e. The first-order valence-electron chi connectivity index (χ1n) is 13.0. The molecule has 192 valence electrons. The standard InChI is InChI=1S/C29H29N7O2/c1-28(37)17-29(30,18-28)21-9-7-20(8-10-21)24-25(19-5-3-2-4-6-19)32-26-22(31-24)11-12-23-33-34-27(36(23)26)35-13-15-38-16-14-35/h2-12,37H,13-18,30H2,1H3/t28-,29-. The monoisotopic (exact) mass is 507 g/mol. The van der Waals surface area contributed by atoms with Crippen LogP contribution in [0.25, 0.3) is 39.3 Å². The summed E-state index contributed by atoms with van der Waals surface area (Å²) in [5, 5.41) is 19.2. The van der Waals surface area contributed by atoms with Crippen LogP contribution in [0.15, 0.2) is 66.7 Å². The van der Waals surface area contributed by atoms with Crippen LogP contribution in [-0.2, 0) is 10.3 Å². The number of rotatable bonds is 4. The zero-order valence-corrected chi connectivity index (χ0v) is 21.2. The van der Waals surface area contributed by atoms with Gasteiger partial charge in [0.05, 0.1) is 30.2 Å². The second kappa shape index (κ2) is 8.56. The summed E-state index contributed by atoms with van der Waals surface area (Å²) in [6.07, 6.45) is 1.09. The maximum atomic E-state index is 10.2. The molecule has 2 aromatic carbocycles. The lowest BCUT2D eigenvalue weighted by Crippen LogP contribution is -2.58. The Morgan fingerprint density at radius 3 is 2.24 bits per heavy atom. The van der Waals surface area contributed by atoms with Crippen molar-refractivity contribution < 1.29 is 9.84 Å². The fraction of sp³-hybridized carbons (Fsp3) is 0.310. The van der Waals surface area contributed by atoms with Crippen molar-refractivity contribution in [3.63, 3.8) is 0 Å². The molecule has 0 amide bonds. The molecule has 9 nitrogen and oxygen atoms in total. The second-order valence-electron chi connectivity index (χ2n) is 10.7. The molecule has 0 radical (unpaired) electrons. The molecule has 5 aromatic rings. The average Bonchev–Trinajstić information content (AvgIpc) is 3.37. The lowest BCUT2D eigenvalue weighted by Gasteiger charge is -2.49. The number of hydrogen-bond acceptors (Lipinski definition) is 8. The van der Waals surface area contributed by atoms with Gasteiger partial charge < -0.3 is 20.5 Å². The molecule has 0 bridgehead atoms. The first kappa shape index (κ1) is 23.2. The average molecular weight is 508 g/mol. The van der Waals surface area contributed by atoms with Crippen LogP contribution in [0, 0.1) is 0 Å². The fourth-order valence-electron chi connectivity index (χ4n) is 5.91. The number of pyridine rings is 1. The van der Waals surface area contributed by atoms with E-state index in [0.717, 1.165) is 58.3 Å². The molecule has 1 saturated carbocycles. The zero-order chi connectivity index (χ0) is 25.9. The molecule has 2 fully saturated rings. The summed E-state index contributed by atoms with van der Waals surface area (Å²) in [6, 6.07) is 22.2. The molecule has 3 aromatic heterocycles. The summed E-state index contributed by atoms with van der Waals surface area (Å²) < 4.78 is 7.54. The number of anilines is 1. The van der Waals surface area contributed by atoms with Crippen molar-refractivity contribution in [2.24, 2.45) is 5.73 Å². The van der Waals surface area contributed by atoms with Crippen LogP contribution in [0.2, 0.25) is 0 Å². The number of nitrogens with two attached hydrogens (primary N) is 1. The molecule has 0 spiro atoms. The molecule has 7 rings (SSSR count). The Bertz CT molecular complexity index is 1630.